The van der Waals surface area contributed by atoms with E-state index in [1.165, 1.54) is 0 Å². The van der Waals surface area contributed by atoms with Crippen molar-refractivity contribution in [2.45, 2.75) is 46.6 Å². The van der Waals surface area contributed by atoms with Gasteiger partial charge in [0.25, 0.3) is 0 Å². The molecule has 5 heteroatoms. The second-order valence-corrected chi connectivity index (χ2v) is 6.10. The van der Waals surface area contributed by atoms with Gasteiger partial charge in [-0.1, -0.05) is 13.8 Å². The summed E-state index contributed by atoms with van der Waals surface area (Å²) >= 11 is 0. The highest BCUT2D eigenvalue weighted by Crippen LogP contribution is 2.21. The third kappa shape index (κ3) is 4.20. The minimum absolute atomic E-state index is 0.00536. The van der Waals surface area contributed by atoms with Crippen molar-refractivity contribution in [3.8, 4) is 0 Å². The SMILES string of the molecule is CC(C)C(=O)N1CCC(C(=O)N(CCO)C(C)C)CC1. The summed E-state index contributed by atoms with van der Waals surface area (Å²) in [5.41, 5.74) is 0. The molecule has 2 amide bonds. The molecule has 0 spiro atoms. The van der Waals surface area contributed by atoms with Crippen LogP contribution in [0.4, 0.5) is 0 Å². The molecule has 5 nitrogen and oxygen atoms in total. The first-order chi connectivity index (χ1) is 9.38. The maximum Gasteiger partial charge on any atom is 0.226 e. The fourth-order valence-electron chi connectivity index (χ4n) is 2.68. The number of carbonyl (C=O) groups is 2. The topological polar surface area (TPSA) is 60.9 Å². The number of piperidine rings is 1. The molecule has 1 rings (SSSR count). The molecule has 1 aliphatic heterocycles. The van der Waals surface area contributed by atoms with Gasteiger partial charge in [0.1, 0.15) is 0 Å². The summed E-state index contributed by atoms with van der Waals surface area (Å²) in [5, 5.41) is 9.06. The van der Waals surface area contributed by atoms with E-state index in [4.69, 9.17) is 5.11 Å². The van der Waals surface area contributed by atoms with Crippen LogP contribution in [0.15, 0.2) is 0 Å². The standard InChI is InChI=1S/C15H28N2O3/c1-11(2)14(19)16-7-5-13(6-8-16)15(20)17(9-10-18)12(3)4/h11-13,18H,5-10H2,1-4H3. The van der Waals surface area contributed by atoms with Crippen LogP contribution in [0.5, 0.6) is 0 Å². The van der Waals surface area contributed by atoms with E-state index in [2.05, 4.69) is 0 Å². The van der Waals surface area contributed by atoms with E-state index in [0.717, 1.165) is 12.8 Å². The van der Waals surface area contributed by atoms with Gasteiger partial charge in [-0.15, -0.1) is 0 Å². The Labute approximate surface area is 121 Å². The molecule has 0 aromatic heterocycles. The Morgan fingerprint density at radius 1 is 1.20 bits per heavy atom. The van der Waals surface area contributed by atoms with E-state index < -0.39 is 0 Å². The Balaban J connectivity index is 2.56. The van der Waals surface area contributed by atoms with Gasteiger partial charge < -0.3 is 14.9 Å². The van der Waals surface area contributed by atoms with E-state index in [1.54, 1.807) is 4.90 Å². The maximum absolute atomic E-state index is 12.5. The van der Waals surface area contributed by atoms with Crippen molar-refractivity contribution in [3.63, 3.8) is 0 Å². The lowest BCUT2D eigenvalue weighted by Gasteiger charge is -2.36. The number of aliphatic hydroxyl groups excluding tert-OH is 1. The lowest BCUT2D eigenvalue weighted by molar-refractivity contribution is -0.143. The van der Waals surface area contributed by atoms with E-state index in [-0.39, 0.29) is 36.3 Å². The maximum atomic E-state index is 12.5. The monoisotopic (exact) mass is 284 g/mol. The van der Waals surface area contributed by atoms with Crippen LogP contribution in [0, 0.1) is 11.8 Å². The second kappa shape index (κ2) is 7.62. The zero-order valence-corrected chi connectivity index (χ0v) is 13.1. The summed E-state index contributed by atoms with van der Waals surface area (Å²) in [7, 11) is 0. The predicted molar refractivity (Wildman–Crippen MR) is 78.1 cm³/mol. The van der Waals surface area contributed by atoms with Crippen LogP contribution < -0.4 is 0 Å². The molecule has 0 saturated carbocycles. The van der Waals surface area contributed by atoms with Crippen LogP contribution in [0.25, 0.3) is 0 Å². The summed E-state index contributed by atoms with van der Waals surface area (Å²) in [5.74, 6) is 0.293. The molecule has 1 heterocycles. The van der Waals surface area contributed by atoms with Gasteiger partial charge in [0.15, 0.2) is 0 Å². The van der Waals surface area contributed by atoms with Gasteiger partial charge in [0, 0.05) is 37.5 Å². The largest absolute Gasteiger partial charge is 0.395 e. The minimum atomic E-state index is -0.0137. The molecule has 0 radical (unpaired) electrons. The number of rotatable bonds is 5. The molecule has 0 aliphatic carbocycles. The lowest BCUT2D eigenvalue weighted by Crippen LogP contribution is -2.47. The normalized spacial score (nSPS) is 16.9. The lowest BCUT2D eigenvalue weighted by atomic mass is 9.94. The number of hydrogen-bond donors (Lipinski definition) is 1. The summed E-state index contributed by atoms with van der Waals surface area (Å²) in [6, 6.07) is 0.102. The Hall–Kier alpha value is -1.10. The fraction of sp³-hybridized carbons (Fsp3) is 0.867. The highest BCUT2D eigenvalue weighted by atomic mass is 16.3. The van der Waals surface area contributed by atoms with Crippen molar-refractivity contribution >= 4 is 11.8 Å². The predicted octanol–water partition coefficient (Wildman–Crippen LogP) is 1.11. The first kappa shape index (κ1) is 17.0. The number of carbonyl (C=O) groups excluding carboxylic acids is 2. The summed E-state index contributed by atoms with van der Waals surface area (Å²) in [6.07, 6.45) is 1.46. The molecule has 1 aliphatic rings. The van der Waals surface area contributed by atoms with E-state index in [0.29, 0.717) is 19.6 Å². The van der Waals surface area contributed by atoms with Gasteiger partial charge in [-0.05, 0) is 26.7 Å². The summed E-state index contributed by atoms with van der Waals surface area (Å²) < 4.78 is 0. The molecular formula is C15H28N2O3. The first-order valence-corrected chi connectivity index (χ1v) is 7.58. The van der Waals surface area contributed by atoms with Gasteiger partial charge in [0.05, 0.1) is 6.61 Å². The van der Waals surface area contributed by atoms with Crippen LogP contribution >= 0.6 is 0 Å². The number of amides is 2. The van der Waals surface area contributed by atoms with Gasteiger partial charge in [-0.25, -0.2) is 0 Å². The van der Waals surface area contributed by atoms with Crippen LogP contribution in [0.2, 0.25) is 0 Å². The molecule has 0 aromatic rings. The number of aliphatic hydroxyl groups is 1. The zero-order valence-electron chi connectivity index (χ0n) is 13.1. The van der Waals surface area contributed by atoms with Crippen molar-refractivity contribution in [1.29, 1.82) is 0 Å². The van der Waals surface area contributed by atoms with E-state index in [1.807, 2.05) is 32.6 Å². The van der Waals surface area contributed by atoms with Gasteiger partial charge in [-0.3, -0.25) is 9.59 Å². The quantitative estimate of drug-likeness (QED) is 0.822. The van der Waals surface area contributed by atoms with Crippen molar-refractivity contribution in [1.82, 2.24) is 9.80 Å². The average Bonchev–Trinajstić information content (AvgIpc) is 2.43. The molecule has 1 fully saturated rings. The van der Waals surface area contributed by atoms with Gasteiger partial charge in [-0.2, -0.15) is 0 Å². The van der Waals surface area contributed by atoms with Gasteiger partial charge in [0.2, 0.25) is 11.8 Å². The van der Waals surface area contributed by atoms with Crippen LogP contribution in [-0.2, 0) is 9.59 Å². The Morgan fingerprint density at radius 2 is 1.75 bits per heavy atom. The second-order valence-electron chi connectivity index (χ2n) is 6.10. The molecule has 1 N–H and O–H groups in total. The van der Waals surface area contributed by atoms with Gasteiger partial charge >= 0.3 is 0 Å². The average molecular weight is 284 g/mol. The molecule has 0 unspecified atom stereocenters. The molecule has 0 bridgehead atoms. The van der Waals surface area contributed by atoms with Crippen LogP contribution in [0.3, 0.4) is 0 Å². The molecule has 1 saturated heterocycles. The number of likely N-dealkylation sites (tertiary alicyclic amines) is 1. The van der Waals surface area contributed by atoms with Crippen molar-refractivity contribution < 1.29 is 14.7 Å². The fourth-order valence-corrected chi connectivity index (χ4v) is 2.68. The Morgan fingerprint density at radius 3 is 2.15 bits per heavy atom. The third-order valence-electron chi connectivity index (χ3n) is 3.90. The zero-order chi connectivity index (χ0) is 15.3. The van der Waals surface area contributed by atoms with Crippen molar-refractivity contribution in [2.75, 3.05) is 26.2 Å². The molecule has 0 aromatic carbocycles. The van der Waals surface area contributed by atoms with Crippen LogP contribution in [-0.4, -0.2) is 59.0 Å². The van der Waals surface area contributed by atoms with E-state index in [9.17, 15) is 9.59 Å². The Bertz CT molecular complexity index is 334. The minimum Gasteiger partial charge on any atom is -0.395 e. The van der Waals surface area contributed by atoms with E-state index >= 15 is 0 Å². The number of hydrogen-bond acceptors (Lipinski definition) is 3. The highest BCUT2D eigenvalue weighted by Gasteiger charge is 2.31. The number of nitrogens with zero attached hydrogens (tertiary/aromatic N) is 2. The van der Waals surface area contributed by atoms with Crippen molar-refractivity contribution in [3.05, 3.63) is 0 Å². The molecule has 116 valence electrons. The first-order valence-electron chi connectivity index (χ1n) is 7.58. The van der Waals surface area contributed by atoms with Crippen molar-refractivity contribution in [2.24, 2.45) is 11.8 Å². The molecule has 20 heavy (non-hydrogen) atoms. The highest BCUT2D eigenvalue weighted by molar-refractivity contribution is 5.81. The summed E-state index contributed by atoms with van der Waals surface area (Å²) in [4.78, 5) is 28.0. The summed E-state index contributed by atoms with van der Waals surface area (Å²) in [6.45, 7) is 9.45. The molecular weight excluding hydrogens is 256 g/mol. The third-order valence-corrected chi connectivity index (χ3v) is 3.90. The van der Waals surface area contributed by atoms with Crippen LogP contribution in [0.1, 0.15) is 40.5 Å². The smallest absolute Gasteiger partial charge is 0.226 e. The molecule has 0 atom stereocenters. The Kier molecular flexibility index (Phi) is 6.46.